The minimum atomic E-state index is -0.741. The summed E-state index contributed by atoms with van der Waals surface area (Å²) in [7, 11) is 1.57. The van der Waals surface area contributed by atoms with E-state index < -0.39 is 17.7 Å². The molecule has 0 saturated carbocycles. The zero-order valence-corrected chi connectivity index (χ0v) is 19.2. The van der Waals surface area contributed by atoms with Crippen molar-refractivity contribution in [2.75, 3.05) is 7.11 Å². The molecule has 6 nitrogen and oxygen atoms in total. The first-order valence-electron chi connectivity index (χ1n) is 9.98. The second-order valence-corrected chi connectivity index (χ2v) is 8.44. The summed E-state index contributed by atoms with van der Waals surface area (Å²) in [5.74, 6) is -0.926. The third-order valence-electron chi connectivity index (χ3n) is 5.45. The molecule has 1 N–H and O–H groups in total. The van der Waals surface area contributed by atoms with Gasteiger partial charge < -0.3 is 14.7 Å². The van der Waals surface area contributed by atoms with Gasteiger partial charge in [0.05, 0.1) is 18.7 Å². The van der Waals surface area contributed by atoms with Crippen LogP contribution in [0.3, 0.4) is 0 Å². The summed E-state index contributed by atoms with van der Waals surface area (Å²) in [4.78, 5) is 31.8. The van der Waals surface area contributed by atoms with Crippen LogP contribution in [0.15, 0.2) is 77.0 Å². The monoisotopic (exact) mass is 492 g/mol. The summed E-state index contributed by atoms with van der Waals surface area (Å²) >= 11 is 3.46. The highest BCUT2D eigenvalue weighted by Crippen LogP contribution is 2.41. The standard InChI is InChI=1S/C25H21BrN2O4/c1-15-11-18(8-9-20(15)32-2)23(29)21-22(17-6-3-7-19(26)12-17)28(25(31)24(21)30)14-16-5-4-10-27-13-16/h3-13,22,29H,14H2,1-2H3/b23-21-. The van der Waals surface area contributed by atoms with Gasteiger partial charge in [0.2, 0.25) is 0 Å². The maximum absolute atomic E-state index is 13.1. The number of ether oxygens (including phenoxy) is 1. The molecule has 1 saturated heterocycles. The predicted molar refractivity (Wildman–Crippen MR) is 124 cm³/mol. The maximum atomic E-state index is 13.1. The normalized spacial score (nSPS) is 17.6. The lowest BCUT2D eigenvalue weighted by molar-refractivity contribution is -0.140. The van der Waals surface area contributed by atoms with Gasteiger partial charge in [0.15, 0.2) is 0 Å². The van der Waals surface area contributed by atoms with Crippen LogP contribution in [0.1, 0.15) is 28.3 Å². The number of hydrogen-bond acceptors (Lipinski definition) is 5. The van der Waals surface area contributed by atoms with Crippen molar-refractivity contribution in [2.24, 2.45) is 0 Å². The van der Waals surface area contributed by atoms with Gasteiger partial charge in [-0.25, -0.2) is 0 Å². The van der Waals surface area contributed by atoms with Crippen LogP contribution in [0.4, 0.5) is 0 Å². The zero-order chi connectivity index (χ0) is 22.8. The van der Waals surface area contributed by atoms with Crippen molar-refractivity contribution in [3.05, 3.63) is 99.3 Å². The summed E-state index contributed by atoms with van der Waals surface area (Å²) in [5, 5.41) is 11.2. The van der Waals surface area contributed by atoms with Crippen LogP contribution in [-0.4, -0.2) is 33.8 Å². The molecule has 1 aliphatic rings. The molecule has 4 rings (SSSR count). The first-order valence-corrected chi connectivity index (χ1v) is 10.8. The van der Waals surface area contributed by atoms with Crippen LogP contribution in [0, 0.1) is 6.92 Å². The number of likely N-dealkylation sites (tertiary alicyclic amines) is 1. The van der Waals surface area contributed by atoms with Gasteiger partial charge in [0.25, 0.3) is 11.7 Å². The van der Waals surface area contributed by atoms with Crippen LogP contribution >= 0.6 is 15.9 Å². The molecule has 1 aromatic heterocycles. The van der Waals surface area contributed by atoms with Crippen molar-refractivity contribution in [2.45, 2.75) is 19.5 Å². The third-order valence-corrected chi connectivity index (χ3v) is 5.94. The summed E-state index contributed by atoms with van der Waals surface area (Å²) in [5.41, 5.74) is 2.81. The fourth-order valence-electron chi connectivity index (χ4n) is 3.94. The Morgan fingerprint density at radius 2 is 1.97 bits per heavy atom. The molecule has 1 aliphatic heterocycles. The van der Waals surface area contributed by atoms with E-state index in [0.29, 0.717) is 16.9 Å². The minimum Gasteiger partial charge on any atom is -0.507 e. The second-order valence-electron chi connectivity index (χ2n) is 7.53. The number of rotatable bonds is 5. The zero-order valence-electron chi connectivity index (χ0n) is 17.6. The van der Waals surface area contributed by atoms with Gasteiger partial charge in [0, 0.05) is 29.0 Å². The molecule has 1 fully saturated rings. The molecular weight excluding hydrogens is 472 g/mol. The predicted octanol–water partition coefficient (Wildman–Crippen LogP) is 4.78. The second kappa shape index (κ2) is 8.96. The van der Waals surface area contributed by atoms with Gasteiger partial charge >= 0.3 is 0 Å². The van der Waals surface area contributed by atoms with E-state index in [2.05, 4.69) is 20.9 Å². The Hall–Kier alpha value is -3.45. The number of aliphatic hydroxyl groups is 1. The number of aliphatic hydroxyl groups excluding tert-OH is 1. The van der Waals surface area contributed by atoms with Crippen LogP contribution in [-0.2, 0) is 16.1 Å². The number of pyridine rings is 1. The highest BCUT2D eigenvalue weighted by molar-refractivity contribution is 9.10. The molecule has 2 aromatic carbocycles. The van der Waals surface area contributed by atoms with E-state index in [-0.39, 0.29) is 17.9 Å². The smallest absolute Gasteiger partial charge is 0.295 e. The van der Waals surface area contributed by atoms with E-state index >= 15 is 0 Å². The number of aromatic nitrogens is 1. The quantitative estimate of drug-likeness (QED) is 0.314. The number of hydrogen-bond donors (Lipinski definition) is 1. The molecule has 1 amide bonds. The van der Waals surface area contributed by atoms with Gasteiger partial charge in [-0.2, -0.15) is 0 Å². The first kappa shape index (κ1) is 21.8. The maximum Gasteiger partial charge on any atom is 0.295 e. The number of carbonyl (C=O) groups excluding carboxylic acids is 2. The van der Waals surface area contributed by atoms with Crippen molar-refractivity contribution in [1.82, 2.24) is 9.88 Å². The molecule has 7 heteroatoms. The number of aryl methyl sites for hydroxylation is 1. The molecule has 0 spiro atoms. The van der Waals surface area contributed by atoms with Crippen molar-refractivity contribution < 1.29 is 19.4 Å². The van der Waals surface area contributed by atoms with Gasteiger partial charge in [-0.3, -0.25) is 14.6 Å². The van der Waals surface area contributed by atoms with E-state index in [4.69, 9.17) is 4.74 Å². The summed E-state index contributed by atoms with van der Waals surface area (Å²) in [6, 6.07) is 15.4. The Kier molecular flexibility index (Phi) is 6.10. The lowest BCUT2D eigenvalue weighted by Crippen LogP contribution is -2.29. The molecule has 0 bridgehead atoms. The number of ketones is 1. The number of benzene rings is 2. The molecule has 1 atom stereocenters. The summed E-state index contributed by atoms with van der Waals surface area (Å²) in [6.45, 7) is 2.04. The fourth-order valence-corrected chi connectivity index (χ4v) is 4.35. The van der Waals surface area contributed by atoms with Crippen molar-refractivity contribution in [3.63, 3.8) is 0 Å². The van der Waals surface area contributed by atoms with Gasteiger partial charge in [-0.15, -0.1) is 0 Å². The Bertz CT molecular complexity index is 1220. The SMILES string of the molecule is COc1ccc(/C(O)=C2/C(=O)C(=O)N(Cc3cccnc3)C2c2cccc(Br)c2)cc1C. The van der Waals surface area contributed by atoms with Gasteiger partial charge in [0.1, 0.15) is 11.5 Å². The van der Waals surface area contributed by atoms with Crippen molar-refractivity contribution >= 4 is 33.4 Å². The van der Waals surface area contributed by atoms with Crippen molar-refractivity contribution in [1.29, 1.82) is 0 Å². The average molecular weight is 493 g/mol. The molecule has 2 heterocycles. The summed E-state index contributed by atoms with van der Waals surface area (Å²) in [6.07, 6.45) is 3.31. The number of nitrogens with zero attached hydrogens (tertiary/aromatic N) is 2. The topological polar surface area (TPSA) is 79.7 Å². The minimum absolute atomic E-state index is 0.0570. The van der Waals surface area contributed by atoms with Crippen LogP contribution < -0.4 is 4.74 Å². The van der Waals surface area contributed by atoms with E-state index in [9.17, 15) is 14.7 Å². The molecule has 3 aromatic rings. The lowest BCUT2D eigenvalue weighted by atomic mass is 9.94. The Morgan fingerprint density at radius 3 is 2.62 bits per heavy atom. The van der Waals surface area contributed by atoms with Gasteiger partial charge in [-0.05, 0) is 60.0 Å². The lowest BCUT2D eigenvalue weighted by Gasteiger charge is -2.25. The van der Waals surface area contributed by atoms with Crippen LogP contribution in [0.25, 0.3) is 5.76 Å². The fraction of sp³-hybridized carbons (Fsp3) is 0.160. The highest BCUT2D eigenvalue weighted by Gasteiger charge is 2.46. The van der Waals surface area contributed by atoms with Gasteiger partial charge in [-0.1, -0.05) is 34.1 Å². The Morgan fingerprint density at radius 1 is 1.16 bits per heavy atom. The molecule has 32 heavy (non-hydrogen) atoms. The highest BCUT2D eigenvalue weighted by atomic mass is 79.9. The van der Waals surface area contributed by atoms with E-state index in [1.807, 2.05) is 37.3 Å². The van der Waals surface area contributed by atoms with E-state index in [0.717, 1.165) is 15.6 Å². The molecule has 162 valence electrons. The largest absolute Gasteiger partial charge is 0.507 e. The number of amides is 1. The molecular formula is C25H21BrN2O4. The molecule has 0 radical (unpaired) electrons. The van der Waals surface area contributed by atoms with E-state index in [1.165, 1.54) is 4.90 Å². The van der Waals surface area contributed by atoms with Crippen LogP contribution in [0.2, 0.25) is 0 Å². The number of carbonyl (C=O) groups is 2. The first-order chi connectivity index (χ1) is 15.4. The Balaban J connectivity index is 1.87. The third kappa shape index (κ3) is 4.03. The van der Waals surface area contributed by atoms with E-state index in [1.54, 1.807) is 43.8 Å². The number of methoxy groups -OCH3 is 1. The summed E-state index contributed by atoms with van der Waals surface area (Å²) < 4.78 is 6.10. The molecule has 0 aliphatic carbocycles. The molecule has 1 unspecified atom stereocenters. The van der Waals surface area contributed by atoms with Crippen LogP contribution in [0.5, 0.6) is 5.75 Å². The number of Topliss-reactive ketones (excluding diaryl/α,β-unsaturated/α-hetero) is 1. The number of halogens is 1. The Labute approximate surface area is 194 Å². The average Bonchev–Trinajstić information content (AvgIpc) is 3.04. The van der Waals surface area contributed by atoms with Crippen molar-refractivity contribution in [3.8, 4) is 5.75 Å².